The molecule has 0 spiro atoms. The van der Waals surface area contributed by atoms with Gasteiger partial charge in [-0.2, -0.15) is 0 Å². The molecule has 2 aliphatic heterocycles. The lowest BCUT2D eigenvalue weighted by molar-refractivity contribution is 0.777. The number of hydrogen-bond donors (Lipinski definition) is 0. The first kappa shape index (κ1) is 34.5. The van der Waals surface area contributed by atoms with Crippen LogP contribution in [0.1, 0.15) is 129 Å². The van der Waals surface area contributed by atoms with Crippen LogP contribution >= 0.6 is 0 Å². The van der Waals surface area contributed by atoms with Crippen molar-refractivity contribution in [1.82, 2.24) is 0 Å². The Kier molecular flexibility index (Phi) is 8.45. The first-order chi connectivity index (χ1) is 26.2. The highest BCUT2D eigenvalue weighted by molar-refractivity contribution is 6.86. The molecule has 6 aromatic carbocycles. The van der Waals surface area contributed by atoms with Gasteiger partial charge in [-0.3, -0.25) is 0 Å². The minimum Gasteiger partial charge on any atom is -0.362 e. The largest absolute Gasteiger partial charge is 0.421 e. The summed E-state index contributed by atoms with van der Waals surface area (Å²) >= 11 is 0. The van der Waals surface area contributed by atoms with Gasteiger partial charge in [-0.05, 0) is 97.4 Å². The number of fused-ring (bicyclic) bond motifs is 9. The lowest BCUT2D eigenvalue weighted by atomic mass is 9.58. The van der Waals surface area contributed by atoms with E-state index in [1.54, 1.807) is 0 Å². The van der Waals surface area contributed by atoms with Crippen molar-refractivity contribution in [3.05, 3.63) is 184 Å². The van der Waals surface area contributed by atoms with E-state index in [4.69, 9.17) is 0 Å². The highest BCUT2D eigenvalue weighted by Gasteiger charge is 2.52. The van der Waals surface area contributed by atoms with Gasteiger partial charge in [0.1, 0.15) is 0 Å². The molecule has 0 saturated carbocycles. The summed E-state index contributed by atoms with van der Waals surface area (Å²) in [5.74, 6) is 1.49. The average Bonchev–Trinajstić information content (AvgIpc) is 3.70. The fraction of sp³-hybridized carbons (Fsp3) is 0.255. The molecule has 1 atom stereocenters. The number of hydrogen-bond acceptors (Lipinski definition) is 2. The standard InChI is InChI=1S/C51H51BN2/c1-31(2)35-23-17-24-36(32(3)4)47(35)49-41-21-9-10-22-42(41)50(48-37(33(5)6)25-18-26-38(48)34(7)8)51(49)54-46-30-16-15-29-45(46)53-44-28-14-12-20-40(44)39-19-11-13-27-43(39)52(53)54/h9-34,49H,1-8H3. The molecule has 1 unspecified atom stereocenters. The Balaban J connectivity index is 1.48. The molecule has 3 heteroatoms. The fourth-order valence-corrected chi connectivity index (χ4v) is 9.93. The quantitative estimate of drug-likeness (QED) is 0.153. The predicted octanol–water partition coefficient (Wildman–Crippen LogP) is 13.1. The van der Waals surface area contributed by atoms with E-state index in [-0.39, 0.29) is 12.9 Å². The van der Waals surface area contributed by atoms with Crippen molar-refractivity contribution in [2.75, 3.05) is 9.62 Å². The van der Waals surface area contributed by atoms with Crippen molar-refractivity contribution in [3.8, 4) is 11.1 Å². The third-order valence-electron chi connectivity index (χ3n) is 12.2. The maximum Gasteiger partial charge on any atom is 0.421 e. The maximum atomic E-state index is 2.78. The second-order valence-electron chi connectivity index (χ2n) is 16.8. The Morgan fingerprint density at radius 3 is 1.48 bits per heavy atom. The molecule has 0 aromatic heterocycles. The van der Waals surface area contributed by atoms with Crippen LogP contribution in [-0.4, -0.2) is 6.98 Å². The van der Waals surface area contributed by atoms with Crippen molar-refractivity contribution in [2.24, 2.45) is 0 Å². The summed E-state index contributed by atoms with van der Waals surface area (Å²) in [7, 11) is 0. The molecule has 3 aliphatic rings. The third kappa shape index (κ3) is 5.08. The van der Waals surface area contributed by atoms with E-state index in [0.29, 0.717) is 23.7 Å². The fourth-order valence-electron chi connectivity index (χ4n) is 9.93. The number of para-hydroxylation sites is 3. The number of benzene rings is 6. The van der Waals surface area contributed by atoms with E-state index in [2.05, 4.69) is 198 Å². The lowest BCUT2D eigenvalue weighted by Crippen LogP contribution is -2.57. The molecule has 2 nitrogen and oxygen atoms in total. The zero-order valence-electron chi connectivity index (χ0n) is 33.1. The summed E-state index contributed by atoms with van der Waals surface area (Å²) in [4.78, 5) is 5.42. The lowest BCUT2D eigenvalue weighted by Gasteiger charge is -2.39. The van der Waals surface area contributed by atoms with Crippen LogP contribution in [0.4, 0.5) is 17.1 Å². The number of nitrogens with zero attached hydrogens (tertiary/aromatic N) is 2. The molecule has 2 heterocycles. The molecule has 6 aromatic rings. The summed E-state index contributed by atoms with van der Waals surface area (Å²) in [6.07, 6.45) is 0. The van der Waals surface area contributed by atoms with Gasteiger partial charge in [-0.1, -0.05) is 171 Å². The second kappa shape index (κ2) is 13.2. The zero-order chi connectivity index (χ0) is 37.4. The topological polar surface area (TPSA) is 6.48 Å². The minimum atomic E-state index is -0.0577. The smallest absolute Gasteiger partial charge is 0.362 e. The van der Waals surface area contributed by atoms with Crippen LogP contribution in [0, 0.1) is 0 Å². The van der Waals surface area contributed by atoms with Gasteiger partial charge in [0, 0.05) is 22.5 Å². The molecule has 54 heavy (non-hydrogen) atoms. The van der Waals surface area contributed by atoms with Crippen molar-refractivity contribution in [3.63, 3.8) is 0 Å². The molecule has 268 valence electrons. The van der Waals surface area contributed by atoms with Crippen LogP contribution in [0.5, 0.6) is 0 Å². The SMILES string of the molecule is CC(C)c1cccc(C(C)C)c1C1=C(N2B3c4ccccc4-c4ccccc4N3c3ccccc32)C(c2c(C(C)C)cccc2C(C)C)c2ccccc21. The number of allylic oxidation sites excluding steroid dienone is 1. The predicted molar refractivity (Wildman–Crippen MR) is 232 cm³/mol. The summed E-state index contributed by atoms with van der Waals surface area (Å²) < 4.78 is 0. The molecule has 9 rings (SSSR count). The Bertz CT molecular complexity index is 2400. The van der Waals surface area contributed by atoms with Crippen molar-refractivity contribution in [2.45, 2.75) is 85.0 Å². The Labute approximate surface area is 323 Å². The van der Waals surface area contributed by atoms with Gasteiger partial charge in [0.2, 0.25) is 0 Å². The highest BCUT2D eigenvalue weighted by Crippen LogP contribution is 2.59. The Morgan fingerprint density at radius 2 is 0.889 bits per heavy atom. The maximum absolute atomic E-state index is 2.78. The molecular formula is C51H51BN2. The first-order valence-electron chi connectivity index (χ1n) is 20.1. The van der Waals surface area contributed by atoms with Gasteiger partial charge in [-0.15, -0.1) is 0 Å². The van der Waals surface area contributed by atoms with Crippen molar-refractivity contribution in [1.29, 1.82) is 0 Å². The van der Waals surface area contributed by atoms with Gasteiger partial charge in [-0.25, -0.2) is 0 Å². The van der Waals surface area contributed by atoms with Gasteiger partial charge in [0.05, 0.1) is 17.3 Å². The zero-order valence-corrected chi connectivity index (χ0v) is 33.1. The minimum absolute atomic E-state index is 0.0322. The van der Waals surface area contributed by atoms with Crippen molar-refractivity contribution >= 4 is 35.1 Å². The second-order valence-corrected chi connectivity index (χ2v) is 16.8. The van der Waals surface area contributed by atoms with Gasteiger partial charge < -0.3 is 9.62 Å². The monoisotopic (exact) mass is 702 g/mol. The summed E-state index contributed by atoms with van der Waals surface area (Å²) in [6, 6.07) is 50.9. The molecule has 0 saturated heterocycles. The van der Waals surface area contributed by atoms with E-state index >= 15 is 0 Å². The van der Waals surface area contributed by atoms with Gasteiger partial charge >= 0.3 is 6.98 Å². The number of anilines is 3. The molecule has 1 aliphatic carbocycles. The van der Waals surface area contributed by atoms with Crippen LogP contribution in [0.3, 0.4) is 0 Å². The van der Waals surface area contributed by atoms with E-state index in [1.165, 1.54) is 89.4 Å². The van der Waals surface area contributed by atoms with Crippen LogP contribution in [-0.2, 0) is 0 Å². The molecule has 0 N–H and O–H groups in total. The molecular weight excluding hydrogens is 651 g/mol. The molecule has 0 fully saturated rings. The van der Waals surface area contributed by atoms with Crippen LogP contribution in [0.25, 0.3) is 16.7 Å². The summed E-state index contributed by atoms with van der Waals surface area (Å²) in [6.45, 7) is 18.9. The molecule has 0 radical (unpaired) electrons. The van der Waals surface area contributed by atoms with Crippen LogP contribution < -0.4 is 15.1 Å². The Morgan fingerprint density at radius 1 is 0.426 bits per heavy atom. The molecule has 0 amide bonds. The Hall–Kier alpha value is -5.28. The van der Waals surface area contributed by atoms with Crippen LogP contribution in [0.15, 0.2) is 139 Å². The van der Waals surface area contributed by atoms with Crippen molar-refractivity contribution < 1.29 is 0 Å². The van der Waals surface area contributed by atoms with E-state index in [9.17, 15) is 0 Å². The molecule has 0 bridgehead atoms. The van der Waals surface area contributed by atoms with Gasteiger partial charge in [0.15, 0.2) is 0 Å². The van der Waals surface area contributed by atoms with E-state index < -0.39 is 0 Å². The van der Waals surface area contributed by atoms with Gasteiger partial charge in [0.25, 0.3) is 0 Å². The first-order valence-corrected chi connectivity index (χ1v) is 20.1. The third-order valence-corrected chi connectivity index (χ3v) is 12.2. The van der Waals surface area contributed by atoms with E-state index in [1.807, 2.05) is 0 Å². The van der Waals surface area contributed by atoms with Crippen LogP contribution in [0.2, 0.25) is 0 Å². The van der Waals surface area contributed by atoms with E-state index in [0.717, 1.165) is 0 Å². The summed E-state index contributed by atoms with van der Waals surface area (Å²) in [5, 5.41) is 0. The number of rotatable bonds is 7. The highest BCUT2D eigenvalue weighted by atomic mass is 15.3. The normalized spacial score (nSPS) is 15.7. The summed E-state index contributed by atoms with van der Waals surface area (Å²) in [5.41, 5.74) is 21.9. The average molecular weight is 703 g/mol.